The minimum atomic E-state index is -0.409. The molecule has 0 saturated carbocycles. The van der Waals surface area contributed by atoms with Crippen LogP contribution in [0.25, 0.3) is 0 Å². The van der Waals surface area contributed by atoms with Crippen LogP contribution in [0.2, 0.25) is 5.02 Å². The molecule has 1 amide bonds. The molecule has 6 nitrogen and oxygen atoms in total. The van der Waals surface area contributed by atoms with Crippen LogP contribution in [-0.4, -0.2) is 37.9 Å². The molecule has 1 aliphatic rings. The summed E-state index contributed by atoms with van der Waals surface area (Å²) < 4.78 is 16.9. The van der Waals surface area contributed by atoms with Crippen LogP contribution in [0.3, 0.4) is 0 Å². The molecular weight excluding hydrogens is 498 g/mol. The lowest BCUT2D eigenvalue weighted by Gasteiger charge is -2.25. The zero-order valence-electron chi connectivity index (χ0n) is 20.2. The van der Waals surface area contributed by atoms with Gasteiger partial charge in [-0.05, 0) is 74.0 Å². The highest BCUT2D eigenvalue weighted by Crippen LogP contribution is 2.42. The van der Waals surface area contributed by atoms with Crippen molar-refractivity contribution in [1.29, 1.82) is 0 Å². The van der Waals surface area contributed by atoms with Gasteiger partial charge in [-0.1, -0.05) is 23.7 Å². The lowest BCUT2D eigenvalue weighted by molar-refractivity contribution is -0.145. The number of rotatable bonds is 9. The second kappa shape index (κ2) is 12.2. The molecule has 0 aromatic heterocycles. The van der Waals surface area contributed by atoms with Gasteiger partial charge in [0.05, 0.1) is 24.2 Å². The maximum Gasteiger partial charge on any atom is 0.313 e. The van der Waals surface area contributed by atoms with Crippen molar-refractivity contribution in [3.8, 4) is 17.2 Å². The second-order valence-corrected chi connectivity index (χ2v) is 9.53. The van der Waals surface area contributed by atoms with Crippen molar-refractivity contribution < 1.29 is 23.8 Å². The summed E-state index contributed by atoms with van der Waals surface area (Å²) in [6.07, 6.45) is 3.34. The Morgan fingerprint density at radius 2 is 1.86 bits per heavy atom. The Morgan fingerprint density at radius 3 is 2.56 bits per heavy atom. The van der Waals surface area contributed by atoms with Crippen LogP contribution in [0.4, 0.5) is 0 Å². The van der Waals surface area contributed by atoms with E-state index in [1.165, 1.54) is 10.5 Å². The molecule has 0 bridgehead atoms. The normalized spacial score (nSPS) is 14.4. The maximum absolute atomic E-state index is 12.5. The molecule has 0 aliphatic carbocycles. The highest BCUT2D eigenvalue weighted by molar-refractivity contribution is 7.98. The van der Waals surface area contributed by atoms with E-state index in [1.807, 2.05) is 6.26 Å². The standard InChI is InChI=1S/C28H28ClNO5S/c1-3-33-28(32)22-13-15-34-25-17-26(24(29)16-23(22)25)35-20-8-6-19(7-9-20)27(31)30-14-12-18-4-10-21(36-2)11-5-18/h4-11,16-17,22H,3,12-15H2,1-2H3,(H,30,31). The van der Waals surface area contributed by atoms with E-state index in [0.29, 0.717) is 59.6 Å². The topological polar surface area (TPSA) is 73.9 Å². The number of amides is 1. The van der Waals surface area contributed by atoms with Crippen LogP contribution in [0.1, 0.15) is 40.7 Å². The minimum absolute atomic E-state index is 0.146. The fourth-order valence-corrected chi connectivity index (χ4v) is 4.59. The van der Waals surface area contributed by atoms with Crippen LogP contribution in [0, 0.1) is 0 Å². The number of hydrogen-bond donors (Lipinski definition) is 1. The number of thioether (sulfide) groups is 1. The summed E-state index contributed by atoms with van der Waals surface area (Å²) >= 11 is 8.17. The summed E-state index contributed by atoms with van der Waals surface area (Å²) in [4.78, 5) is 26.1. The van der Waals surface area contributed by atoms with Crippen molar-refractivity contribution in [1.82, 2.24) is 5.32 Å². The van der Waals surface area contributed by atoms with Gasteiger partial charge < -0.3 is 19.5 Å². The third-order valence-corrected chi connectivity index (χ3v) is 6.92. The highest BCUT2D eigenvalue weighted by atomic mass is 35.5. The Bertz CT molecular complexity index is 1210. The smallest absolute Gasteiger partial charge is 0.313 e. The zero-order valence-corrected chi connectivity index (χ0v) is 21.8. The second-order valence-electron chi connectivity index (χ2n) is 8.24. The first-order valence-corrected chi connectivity index (χ1v) is 13.4. The van der Waals surface area contributed by atoms with E-state index in [0.717, 1.165) is 6.42 Å². The summed E-state index contributed by atoms with van der Waals surface area (Å²) in [6.45, 7) is 3.06. The summed E-state index contributed by atoms with van der Waals surface area (Å²) in [7, 11) is 0. The van der Waals surface area contributed by atoms with Gasteiger partial charge in [-0.3, -0.25) is 9.59 Å². The van der Waals surface area contributed by atoms with Crippen molar-refractivity contribution >= 4 is 35.2 Å². The van der Waals surface area contributed by atoms with Crippen LogP contribution in [-0.2, 0) is 16.0 Å². The van der Waals surface area contributed by atoms with Gasteiger partial charge in [-0.2, -0.15) is 0 Å². The quantitative estimate of drug-likeness (QED) is 0.263. The fraction of sp³-hybridized carbons (Fsp3) is 0.286. The van der Waals surface area contributed by atoms with Gasteiger partial charge in [-0.25, -0.2) is 0 Å². The lowest BCUT2D eigenvalue weighted by atomic mass is 9.93. The maximum atomic E-state index is 12.5. The van der Waals surface area contributed by atoms with Crippen LogP contribution < -0.4 is 14.8 Å². The number of benzene rings is 3. The van der Waals surface area contributed by atoms with Crippen molar-refractivity contribution in [2.75, 3.05) is 26.0 Å². The summed E-state index contributed by atoms with van der Waals surface area (Å²) in [6, 6.07) is 18.6. The van der Waals surface area contributed by atoms with Gasteiger partial charge in [0.25, 0.3) is 5.91 Å². The van der Waals surface area contributed by atoms with Crippen molar-refractivity contribution in [3.63, 3.8) is 0 Å². The molecule has 1 N–H and O–H groups in total. The number of nitrogens with one attached hydrogen (secondary N) is 1. The van der Waals surface area contributed by atoms with Gasteiger partial charge in [0.1, 0.15) is 17.2 Å². The molecule has 0 saturated heterocycles. The Hall–Kier alpha value is -3.16. The minimum Gasteiger partial charge on any atom is -0.493 e. The molecule has 0 radical (unpaired) electrons. The molecule has 1 atom stereocenters. The highest BCUT2D eigenvalue weighted by Gasteiger charge is 2.30. The fourth-order valence-electron chi connectivity index (χ4n) is 3.97. The largest absolute Gasteiger partial charge is 0.493 e. The number of carbonyl (C=O) groups is 2. The van der Waals surface area contributed by atoms with Crippen LogP contribution in [0.5, 0.6) is 17.2 Å². The molecule has 0 fully saturated rings. The molecule has 3 aromatic carbocycles. The monoisotopic (exact) mass is 525 g/mol. The summed E-state index contributed by atoms with van der Waals surface area (Å²) in [5.41, 5.74) is 2.41. The van der Waals surface area contributed by atoms with Crippen LogP contribution in [0.15, 0.2) is 65.6 Å². The van der Waals surface area contributed by atoms with Gasteiger partial charge in [-0.15, -0.1) is 11.8 Å². The van der Waals surface area contributed by atoms with Gasteiger partial charge >= 0.3 is 5.97 Å². The van der Waals surface area contributed by atoms with Gasteiger partial charge in [0.15, 0.2) is 0 Å². The summed E-state index contributed by atoms with van der Waals surface area (Å²) in [5, 5.41) is 3.31. The predicted molar refractivity (Wildman–Crippen MR) is 142 cm³/mol. The van der Waals surface area contributed by atoms with E-state index in [4.69, 9.17) is 25.8 Å². The third-order valence-electron chi connectivity index (χ3n) is 5.88. The Balaban J connectivity index is 1.36. The van der Waals surface area contributed by atoms with Crippen molar-refractivity contribution in [2.45, 2.75) is 30.6 Å². The lowest BCUT2D eigenvalue weighted by Crippen LogP contribution is -2.25. The first-order valence-electron chi connectivity index (χ1n) is 11.8. The van der Waals surface area contributed by atoms with E-state index >= 15 is 0 Å². The van der Waals surface area contributed by atoms with E-state index in [2.05, 4.69) is 29.6 Å². The average Bonchev–Trinajstić information content (AvgIpc) is 2.89. The van der Waals surface area contributed by atoms with Crippen LogP contribution >= 0.6 is 23.4 Å². The number of ether oxygens (including phenoxy) is 3. The Labute approximate surface area is 220 Å². The number of hydrogen-bond acceptors (Lipinski definition) is 6. The third kappa shape index (κ3) is 6.33. The van der Waals surface area contributed by atoms with Gasteiger partial charge in [0.2, 0.25) is 0 Å². The molecular formula is C28H28ClNO5S. The molecule has 3 aromatic rings. The molecule has 0 spiro atoms. The number of carbonyl (C=O) groups excluding carboxylic acids is 2. The number of halogens is 1. The van der Waals surface area contributed by atoms with Crippen molar-refractivity contribution in [2.24, 2.45) is 0 Å². The predicted octanol–water partition coefficient (Wildman–Crippen LogP) is 6.26. The van der Waals surface area contributed by atoms with Crippen molar-refractivity contribution in [3.05, 3.63) is 82.4 Å². The Kier molecular flexibility index (Phi) is 8.78. The van der Waals surface area contributed by atoms with E-state index in [-0.39, 0.29) is 11.9 Å². The molecule has 4 rings (SSSR count). The number of esters is 1. The van der Waals surface area contributed by atoms with E-state index in [1.54, 1.807) is 55.1 Å². The first kappa shape index (κ1) is 25.9. The average molecular weight is 526 g/mol. The molecule has 1 unspecified atom stereocenters. The zero-order chi connectivity index (χ0) is 25.5. The number of fused-ring (bicyclic) bond motifs is 1. The van der Waals surface area contributed by atoms with E-state index < -0.39 is 5.92 Å². The molecule has 1 heterocycles. The molecule has 1 aliphatic heterocycles. The molecule has 36 heavy (non-hydrogen) atoms. The SMILES string of the molecule is CCOC(=O)C1CCOc2cc(Oc3ccc(C(=O)NCCc4ccc(SC)cc4)cc3)c(Cl)cc21. The Morgan fingerprint density at radius 1 is 1.11 bits per heavy atom. The van der Waals surface area contributed by atoms with Gasteiger partial charge in [0, 0.05) is 28.6 Å². The summed E-state index contributed by atoms with van der Waals surface area (Å²) in [5.74, 6) is 0.650. The van der Waals surface area contributed by atoms with E-state index in [9.17, 15) is 9.59 Å². The molecule has 188 valence electrons. The molecule has 8 heteroatoms. The first-order chi connectivity index (χ1) is 17.5.